The third-order valence-electron chi connectivity index (χ3n) is 4.37. The van der Waals surface area contributed by atoms with E-state index in [0.717, 1.165) is 5.56 Å². The van der Waals surface area contributed by atoms with E-state index in [0.29, 0.717) is 27.6 Å². The van der Waals surface area contributed by atoms with E-state index >= 15 is 0 Å². The Labute approximate surface area is 178 Å². The molecule has 0 aliphatic heterocycles. The lowest BCUT2D eigenvalue weighted by Gasteiger charge is -2.06. The van der Waals surface area contributed by atoms with Gasteiger partial charge in [-0.25, -0.2) is 13.4 Å². The molecule has 7 nitrogen and oxygen atoms in total. The Kier molecular flexibility index (Phi) is 6.50. The first kappa shape index (κ1) is 21.5. The molecule has 3 rings (SSSR count). The highest BCUT2D eigenvalue weighted by Gasteiger charge is 2.14. The second-order valence-corrected chi connectivity index (χ2v) is 9.55. The molecule has 1 aromatic carbocycles. The SMILES string of the molecule is CCS(=O)(=O)c1ccc(CC(=O)Nc2cc(-c3cc(C#N)cnc3OC)cs2)cc1. The number of benzene rings is 1. The standard InChI is InChI=1S/C21H19N3O4S2/c1-3-30(26,27)17-6-4-14(5-7-17)9-19(25)24-20-10-16(13-29-20)18-8-15(11-22)12-23-21(18)28-2/h4-8,10,12-13H,3,9H2,1-2H3,(H,24,25). The van der Waals surface area contributed by atoms with Gasteiger partial charge in [-0.2, -0.15) is 5.26 Å². The Morgan fingerprint density at radius 1 is 1.27 bits per heavy atom. The fraction of sp³-hybridized carbons (Fsp3) is 0.190. The summed E-state index contributed by atoms with van der Waals surface area (Å²) >= 11 is 1.35. The zero-order chi connectivity index (χ0) is 21.7. The lowest BCUT2D eigenvalue weighted by Crippen LogP contribution is -2.13. The molecule has 0 atom stereocenters. The number of methoxy groups -OCH3 is 1. The van der Waals surface area contributed by atoms with Crippen molar-refractivity contribution in [2.24, 2.45) is 0 Å². The van der Waals surface area contributed by atoms with Crippen LogP contribution in [0.3, 0.4) is 0 Å². The van der Waals surface area contributed by atoms with Crippen molar-refractivity contribution in [2.75, 3.05) is 18.2 Å². The highest BCUT2D eigenvalue weighted by atomic mass is 32.2. The van der Waals surface area contributed by atoms with Crippen LogP contribution >= 0.6 is 11.3 Å². The largest absolute Gasteiger partial charge is 0.481 e. The van der Waals surface area contributed by atoms with Crippen molar-refractivity contribution in [3.8, 4) is 23.1 Å². The Balaban J connectivity index is 1.71. The number of anilines is 1. The molecule has 1 N–H and O–H groups in total. The third-order valence-corrected chi connectivity index (χ3v) is 6.97. The number of thiophene rings is 1. The smallest absolute Gasteiger partial charge is 0.229 e. The van der Waals surface area contributed by atoms with Crippen LogP contribution in [0.15, 0.2) is 52.9 Å². The first-order valence-electron chi connectivity index (χ1n) is 9.01. The Morgan fingerprint density at radius 2 is 2.00 bits per heavy atom. The predicted molar refractivity (Wildman–Crippen MR) is 115 cm³/mol. The zero-order valence-electron chi connectivity index (χ0n) is 16.4. The van der Waals surface area contributed by atoms with Crippen LogP contribution in [-0.2, 0) is 21.1 Å². The second-order valence-electron chi connectivity index (χ2n) is 6.36. The van der Waals surface area contributed by atoms with Gasteiger partial charge in [0.05, 0.1) is 34.7 Å². The van der Waals surface area contributed by atoms with Crippen LogP contribution in [0.2, 0.25) is 0 Å². The average molecular weight is 442 g/mol. The number of aromatic nitrogens is 1. The minimum Gasteiger partial charge on any atom is -0.481 e. The normalized spacial score (nSPS) is 11.0. The number of nitrogens with zero attached hydrogens (tertiary/aromatic N) is 2. The van der Waals surface area contributed by atoms with Gasteiger partial charge in [-0.1, -0.05) is 19.1 Å². The van der Waals surface area contributed by atoms with E-state index in [-0.39, 0.29) is 23.0 Å². The highest BCUT2D eigenvalue weighted by Crippen LogP contribution is 2.34. The molecule has 0 radical (unpaired) electrons. The fourth-order valence-corrected chi connectivity index (χ4v) is 4.47. The minimum atomic E-state index is -3.26. The van der Waals surface area contributed by atoms with Crippen LogP contribution in [0, 0.1) is 11.3 Å². The van der Waals surface area contributed by atoms with E-state index in [2.05, 4.69) is 10.3 Å². The number of sulfone groups is 1. The van der Waals surface area contributed by atoms with Crippen molar-refractivity contribution in [1.29, 1.82) is 5.26 Å². The molecule has 9 heteroatoms. The second kappa shape index (κ2) is 9.07. The quantitative estimate of drug-likeness (QED) is 0.599. The van der Waals surface area contributed by atoms with E-state index in [1.54, 1.807) is 31.2 Å². The van der Waals surface area contributed by atoms with Gasteiger partial charge in [-0.05, 0) is 35.4 Å². The van der Waals surface area contributed by atoms with Gasteiger partial charge in [0.1, 0.15) is 6.07 Å². The van der Waals surface area contributed by atoms with Crippen LogP contribution in [0.25, 0.3) is 11.1 Å². The van der Waals surface area contributed by atoms with E-state index < -0.39 is 9.84 Å². The van der Waals surface area contributed by atoms with Crippen LogP contribution in [0.5, 0.6) is 5.88 Å². The van der Waals surface area contributed by atoms with Crippen molar-refractivity contribution < 1.29 is 17.9 Å². The summed E-state index contributed by atoms with van der Waals surface area (Å²) in [6.45, 7) is 1.59. The minimum absolute atomic E-state index is 0.0329. The molecule has 2 heterocycles. The van der Waals surface area contributed by atoms with Gasteiger partial charge in [-0.3, -0.25) is 4.79 Å². The zero-order valence-corrected chi connectivity index (χ0v) is 18.0. The van der Waals surface area contributed by atoms with Crippen molar-refractivity contribution in [1.82, 2.24) is 4.98 Å². The number of rotatable bonds is 7. The maximum Gasteiger partial charge on any atom is 0.229 e. The Bertz CT molecular complexity index is 1210. The van der Waals surface area contributed by atoms with Crippen molar-refractivity contribution in [2.45, 2.75) is 18.2 Å². The summed E-state index contributed by atoms with van der Waals surface area (Å²) in [7, 11) is -1.76. The summed E-state index contributed by atoms with van der Waals surface area (Å²) in [4.78, 5) is 16.8. The van der Waals surface area contributed by atoms with Crippen LogP contribution in [0.1, 0.15) is 18.1 Å². The average Bonchev–Trinajstić information content (AvgIpc) is 3.21. The van der Waals surface area contributed by atoms with Gasteiger partial charge in [0.25, 0.3) is 0 Å². The first-order valence-corrected chi connectivity index (χ1v) is 11.5. The topological polar surface area (TPSA) is 109 Å². The molecule has 1 amide bonds. The molecule has 0 fully saturated rings. The molecule has 0 bridgehead atoms. The monoisotopic (exact) mass is 441 g/mol. The number of carbonyl (C=O) groups excluding carboxylic acids is 1. The van der Waals surface area contributed by atoms with E-state index in [4.69, 9.17) is 10.00 Å². The van der Waals surface area contributed by atoms with Gasteiger partial charge >= 0.3 is 0 Å². The number of hydrogen-bond acceptors (Lipinski definition) is 7. The molecule has 0 saturated carbocycles. The summed E-state index contributed by atoms with van der Waals surface area (Å²) in [5.41, 5.74) is 2.58. The van der Waals surface area contributed by atoms with Gasteiger partial charge in [0.15, 0.2) is 9.84 Å². The first-order chi connectivity index (χ1) is 14.4. The molecule has 2 aromatic heterocycles. The van der Waals surface area contributed by atoms with Crippen LogP contribution in [0.4, 0.5) is 5.00 Å². The van der Waals surface area contributed by atoms with Gasteiger partial charge < -0.3 is 10.1 Å². The van der Waals surface area contributed by atoms with Crippen LogP contribution in [-0.4, -0.2) is 32.2 Å². The Hall–Kier alpha value is -3.22. The maximum atomic E-state index is 12.4. The van der Waals surface area contributed by atoms with Crippen molar-refractivity contribution >= 4 is 32.1 Å². The number of ether oxygens (including phenoxy) is 1. The van der Waals surface area contributed by atoms with E-state index in [1.807, 2.05) is 11.4 Å². The van der Waals surface area contributed by atoms with Gasteiger partial charge in [-0.15, -0.1) is 11.3 Å². The van der Waals surface area contributed by atoms with Crippen molar-refractivity contribution in [3.63, 3.8) is 0 Å². The molecular weight excluding hydrogens is 422 g/mol. The Morgan fingerprint density at radius 3 is 2.63 bits per heavy atom. The van der Waals surface area contributed by atoms with E-state index in [9.17, 15) is 13.2 Å². The molecule has 154 valence electrons. The summed E-state index contributed by atoms with van der Waals surface area (Å²) < 4.78 is 29.0. The van der Waals surface area contributed by atoms with Gasteiger partial charge in [0, 0.05) is 17.1 Å². The molecule has 0 aliphatic rings. The number of nitriles is 1. The van der Waals surface area contributed by atoms with Crippen molar-refractivity contribution in [3.05, 3.63) is 59.1 Å². The summed E-state index contributed by atoms with van der Waals surface area (Å²) in [6.07, 6.45) is 1.56. The molecule has 30 heavy (non-hydrogen) atoms. The third kappa shape index (κ3) is 4.84. The maximum absolute atomic E-state index is 12.4. The summed E-state index contributed by atoms with van der Waals surface area (Å²) in [5.74, 6) is 0.211. The van der Waals surface area contributed by atoms with E-state index in [1.165, 1.54) is 36.8 Å². The lowest BCUT2D eigenvalue weighted by atomic mass is 10.1. The number of amides is 1. The van der Waals surface area contributed by atoms with Gasteiger partial charge in [0.2, 0.25) is 11.8 Å². The number of carbonyl (C=O) groups is 1. The molecule has 0 saturated heterocycles. The molecule has 0 aliphatic carbocycles. The number of nitrogens with one attached hydrogen (secondary N) is 1. The summed E-state index contributed by atoms with van der Waals surface area (Å²) in [5, 5.41) is 14.4. The predicted octanol–water partition coefficient (Wildman–Crippen LogP) is 3.67. The fourth-order valence-electron chi connectivity index (χ4n) is 2.77. The molecule has 0 unspecified atom stereocenters. The highest BCUT2D eigenvalue weighted by molar-refractivity contribution is 7.91. The number of hydrogen-bond donors (Lipinski definition) is 1. The molecule has 3 aromatic rings. The number of pyridine rings is 1. The lowest BCUT2D eigenvalue weighted by molar-refractivity contribution is -0.115. The molecule has 0 spiro atoms. The van der Waals surface area contributed by atoms with Crippen LogP contribution < -0.4 is 10.1 Å². The molecular formula is C21H19N3O4S2. The summed E-state index contributed by atoms with van der Waals surface area (Å²) in [6, 6.07) is 11.9.